The normalized spacial score (nSPS) is 12.3. The molecule has 1 aromatic heterocycles. The van der Waals surface area contributed by atoms with Crippen LogP contribution in [0.1, 0.15) is 18.2 Å². The molecule has 2 aromatic rings. The first-order valence-corrected chi connectivity index (χ1v) is 6.20. The van der Waals surface area contributed by atoms with Gasteiger partial charge in [0.15, 0.2) is 0 Å². The Morgan fingerprint density at radius 2 is 2.00 bits per heavy atom. The van der Waals surface area contributed by atoms with Crippen molar-refractivity contribution in [3.05, 3.63) is 54.0 Å². The van der Waals surface area contributed by atoms with E-state index >= 15 is 0 Å². The first kappa shape index (κ1) is 12.7. The zero-order chi connectivity index (χ0) is 12.8. The second-order valence-electron chi connectivity index (χ2n) is 4.45. The quantitative estimate of drug-likeness (QED) is 0.849. The predicted octanol–water partition coefficient (Wildman–Crippen LogP) is 3.15. The molecular formula is C15H19NO2. The molecule has 0 aliphatic heterocycles. The van der Waals surface area contributed by atoms with Gasteiger partial charge in [0.2, 0.25) is 0 Å². The van der Waals surface area contributed by atoms with E-state index in [1.807, 2.05) is 24.3 Å². The van der Waals surface area contributed by atoms with Crippen molar-refractivity contribution < 1.29 is 9.15 Å². The molecule has 0 radical (unpaired) electrons. The lowest BCUT2D eigenvalue weighted by atomic mass is 10.2. The molecule has 0 spiro atoms. The van der Waals surface area contributed by atoms with Crippen molar-refractivity contribution in [2.24, 2.45) is 0 Å². The highest BCUT2D eigenvalue weighted by molar-refractivity contribution is 5.26. The summed E-state index contributed by atoms with van der Waals surface area (Å²) >= 11 is 0. The van der Waals surface area contributed by atoms with Crippen LogP contribution in [-0.2, 0) is 6.54 Å². The zero-order valence-electron chi connectivity index (χ0n) is 10.8. The van der Waals surface area contributed by atoms with Crippen LogP contribution in [0.15, 0.2) is 47.1 Å². The van der Waals surface area contributed by atoms with Crippen molar-refractivity contribution in [2.45, 2.75) is 26.5 Å². The largest absolute Gasteiger partial charge is 0.489 e. The van der Waals surface area contributed by atoms with Crippen molar-refractivity contribution in [3.63, 3.8) is 0 Å². The average Bonchev–Trinajstić information content (AvgIpc) is 2.85. The van der Waals surface area contributed by atoms with Crippen LogP contribution in [-0.4, -0.2) is 12.6 Å². The number of hydrogen-bond donors (Lipinski definition) is 1. The van der Waals surface area contributed by atoms with Crippen LogP contribution in [0.2, 0.25) is 0 Å². The lowest BCUT2D eigenvalue weighted by Crippen LogP contribution is -2.28. The number of hydrogen-bond acceptors (Lipinski definition) is 3. The summed E-state index contributed by atoms with van der Waals surface area (Å²) in [5.41, 5.74) is 1.24. The first-order chi connectivity index (χ1) is 8.74. The summed E-state index contributed by atoms with van der Waals surface area (Å²) in [6.45, 7) is 5.64. The number of benzene rings is 1. The summed E-state index contributed by atoms with van der Waals surface area (Å²) in [6.07, 6.45) is 1.81. The van der Waals surface area contributed by atoms with E-state index in [4.69, 9.17) is 9.15 Å². The minimum absolute atomic E-state index is 0.127. The Morgan fingerprint density at radius 3 is 2.67 bits per heavy atom. The van der Waals surface area contributed by atoms with Gasteiger partial charge in [-0.05, 0) is 38.1 Å². The fraction of sp³-hybridized carbons (Fsp3) is 0.333. The molecule has 1 aromatic carbocycles. The molecule has 1 heterocycles. The van der Waals surface area contributed by atoms with Crippen LogP contribution in [0, 0.1) is 6.92 Å². The van der Waals surface area contributed by atoms with E-state index in [0.29, 0.717) is 0 Å². The number of rotatable bonds is 6. The van der Waals surface area contributed by atoms with Gasteiger partial charge in [0.25, 0.3) is 0 Å². The van der Waals surface area contributed by atoms with Gasteiger partial charge in [-0.3, -0.25) is 0 Å². The Kier molecular flexibility index (Phi) is 4.42. The second-order valence-corrected chi connectivity index (χ2v) is 4.45. The van der Waals surface area contributed by atoms with E-state index in [9.17, 15) is 0 Å². The summed E-state index contributed by atoms with van der Waals surface area (Å²) in [5.74, 6) is 1.85. The van der Waals surface area contributed by atoms with E-state index in [-0.39, 0.29) is 6.10 Å². The van der Waals surface area contributed by atoms with Gasteiger partial charge in [-0.25, -0.2) is 0 Å². The maximum Gasteiger partial charge on any atom is 0.119 e. The summed E-state index contributed by atoms with van der Waals surface area (Å²) in [4.78, 5) is 0. The van der Waals surface area contributed by atoms with Gasteiger partial charge in [-0.2, -0.15) is 0 Å². The number of ether oxygens (including phenoxy) is 1. The molecule has 1 atom stereocenters. The summed E-state index contributed by atoms with van der Waals surface area (Å²) in [5, 5.41) is 3.30. The Labute approximate surface area is 108 Å². The molecule has 0 unspecified atom stereocenters. The second kappa shape index (κ2) is 6.26. The monoisotopic (exact) mass is 245 g/mol. The molecule has 0 fully saturated rings. The van der Waals surface area contributed by atoms with Gasteiger partial charge < -0.3 is 14.5 Å². The topological polar surface area (TPSA) is 34.4 Å². The molecule has 0 aliphatic carbocycles. The van der Waals surface area contributed by atoms with Crippen molar-refractivity contribution in [2.75, 3.05) is 6.54 Å². The zero-order valence-corrected chi connectivity index (χ0v) is 10.8. The van der Waals surface area contributed by atoms with Crippen molar-refractivity contribution in [1.29, 1.82) is 0 Å². The molecule has 1 N–H and O–H groups in total. The number of furan rings is 1. The van der Waals surface area contributed by atoms with Crippen molar-refractivity contribution in [1.82, 2.24) is 5.32 Å². The molecule has 0 amide bonds. The highest BCUT2D eigenvalue weighted by Crippen LogP contribution is 2.13. The van der Waals surface area contributed by atoms with Gasteiger partial charge >= 0.3 is 0 Å². The van der Waals surface area contributed by atoms with Crippen LogP contribution in [0.25, 0.3) is 0 Å². The molecule has 0 saturated carbocycles. The van der Waals surface area contributed by atoms with Crippen LogP contribution >= 0.6 is 0 Å². The van der Waals surface area contributed by atoms with Crippen molar-refractivity contribution in [3.8, 4) is 5.75 Å². The molecule has 0 aliphatic rings. The highest BCUT2D eigenvalue weighted by atomic mass is 16.5. The van der Waals surface area contributed by atoms with E-state index in [2.05, 4.69) is 31.3 Å². The average molecular weight is 245 g/mol. The van der Waals surface area contributed by atoms with Crippen LogP contribution < -0.4 is 10.1 Å². The SMILES string of the molecule is Cc1ccc(O[C@@H](C)CNCc2ccco2)cc1. The van der Waals surface area contributed by atoms with Gasteiger partial charge in [-0.15, -0.1) is 0 Å². The van der Waals surface area contributed by atoms with Gasteiger partial charge in [0, 0.05) is 6.54 Å². The third kappa shape index (κ3) is 3.93. The summed E-state index contributed by atoms with van der Waals surface area (Å²) < 4.78 is 11.0. The van der Waals surface area contributed by atoms with E-state index in [1.165, 1.54) is 5.56 Å². The fourth-order valence-corrected chi connectivity index (χ4v) is 1.70. The lowest BCUT2D eigenvalue weighted by molar-refractivity contribution is 0.215. The smallest absolute Gasteiger partial charge is 0.119 e. The Hall–Kier alpha value is -1.74. The van der Waals surface area contributed by atoms with Crippen LogP contribution in [0.5, 0.6) is 5.75 Å². The summed E-state index contributed by atoms with van der Waals surface area (Å²) in [7, 11) is 0. The van der Waals surface area contributed by atoms with Gasteiger partial charge in [0.05, 0.1) is 12.8 Å². The minimum Gasteiger partial charge on any atom is -0.489 e. The van der Waals surface area contributed by atoms with E-state index in [1.54, 1.807) is 6.26 Å². The predicted molar refractivity (Wildman–Crippen MR) is 71.7 cm³/mol. The van der Waals surface area contributed by atoms with E-state index < -0.39 is 0 Å². The summed E-state index contributed by atoms with van der Waals surface area (Å²) in [6, 6.07) is 12.0. The molecule has 18 heavy (non-hydrogen) atoms. The molecule has 0 saturated heterocycles. The molecule has 3 nitrogen and oxygen atoms in total. The Balaban J connectivity index is 1.71. The van der Waals surface area contributed by atoms with E-state index in [0.717, 1.165) is 24.6 Å². The fourth-order valence-electron chi connectivity index (χ4n) is 1.70. The Bertz CT molecular complexity index is 448. The first-order valence-electron chi connectivity index (χ1n) is 6.20. The molecule has 3 heteroatoms. The third-order valence-corrected chi connectivity index (χ3v) is 2.67. The van der Waals surface area contributed by atoms with Gasteiger partial charge in [0.1, 0.15) is 17.6 Å². The highest BCUT2D eigenvalue weighted by Gasteiger charge is 2.04. The van der Waals surface area contributed by atoms with Gasteiger partial charge in [-0.1, -0.05) is 17.7 Å². The molecule has 96 valence electrons. The van der Waals surface area contributed by atoms with Crippen LogP contribution in [0.3, 0.4) is 0 Å². The molecule has 0 bridgehead atoms. The molecule has 2 rings (SSSR count). The number of nitrogens with one attached hydrogen (secondary N) is 1. The number of aryl methyl sites for hydroxylation is 1. The Morgan fingerprint density at radius 1 is 1.22 bits per heavy atom. The maximum absolute atomic E-state index is 5.80. The standard InChI is InChI=1S/C15H19NO2/c1-12-5-7-14(8-6-12)18-13(2)10-16-11-15-4-3-9-17-15/h3-9,13,16H,10-11H2,1-2H3/t13-/m0/s1. The lowest BCUT2D eigenvalue weighted by Gasteiger charge is -2.15. The third-order valence-electron chi connectivity index (χ3n) is 2.67. The minimum atomic E-state index is 0.127. The van der Waals surface area contributed by atoms with Crippen molar-refractivity contribution >= 4 is 0 Å². The molecular weight excluding hydrogens is 226 g/mol. The maximum atomic E-state index is 5.80. The van der Waals surface area contributed by atoms with Crippen LogP contribution in [0.4, 0.5) is 0 Å².